The third kappa shape index (κ3) is 5.08. The second kappa shape index (κ2) is 9.33. The number of benzene rings is 2. The van der Waals surface area contributed by atoms with Gasteiger partial charge in [-0.05, 0) is 41.6 Å². The zero-order valence-electron chi connectivity index (χ0n) is 16.1. The summed E-state index contributed by atoms with van der Waals surface area (Å²) >= 11 is 1.65. The molecule has 3 rings (SSSR count). The van der Waals surface area contributed by atoms with Crippen molar-refractivity contribution in [2.24, 2.45) is 0 Å². The molecule has 0 bridgehead atoms. The average molecular weight is 393 g/mol. The van der Waals surface area contributed by atoms with Crippen LogP contribution in [0.15, 0.2) is 72.1 Å². The molecular weight excluding hydrogens is 368 g/mol. The summed E-state index contributed by atoms with van der Waals surface area (Å²) in [7, 11) is 1.81. The first-order valence-electron chi connectivity index (χ1n) is 9.22. The molecule has 0 saturated carbocycles. The molecule has 144 valence electrons. The number of nitrogens with one attached hydrogen (secondary N) is 1. The monoisotopic (exact) mass is 392 g/mol. The molecule has 3 aromatic rings. The molecule has 0 aliphatic carbocycles. The smallest absolute Gasteiger partial charge is 0.251 e. The van der Waals surface area contributed by atoms with E-state index in [0.29, 0.717) is 12.1 Å². The number of hydrogen-bond donors (Lipinski definition) is 1. The summed E-state index contributed by atoms with van der Waals surface area (Å²) in [6, 6.07) is 20.4. The van der Waals surface area contributed by atoms with Crippen LogP contribution in [0, 0.1) is 6.92 Å². The molecule has 4 nitrogen and oxygen atoms in total. The van der Waals surface area contributed by atoms with Gasteiger partial charge in [0, 0.05) is 17.5 Å². The van der Waals surface area contributed by atoms with E-state index in [4.69, 9.17) is 0 Å². The van der Waals surface area contributed by atoms with Crippen LogP contribution >= 0.6 is 11.3 Å². The summed E-state index contributed by atoms with van der Waals surface area (Å²) in [5, 5.41) is 5.06. The highest BCUT2D eigenvalue weighted by Crippen LogP contribution is 2.21. The highest BCUT2D eigenvalue weighted by molar-refractivity contribution is 7.10. The SMILES string of the molecule is Cc1ccsc1CN(C)C(=O)CC(NC(=O)c1ccccc1)c1ccccc1. The van der Waals surface area contributed by atoms with Gasteiger partial charge < -0.3 is 10.2 Å². The van der Waals surface area contributed by atoms with Crippen LogP contribution in [0.1, 0.15) is 38.8 Å². The van der Waals surface area contributed by atoms with E-state index >= 15 is 0 Å². The number of hydrogen-bond acceptors (Lipinski definition) is 3. The summed E-state index contributed by atoms with van der Waals surface area (Å²) < 4.78 is 0. The lowest BCUT2D eigenvalue weighted by Gasteiger charge is -2.23. The lowest BCUT2D eigenvalue weighted by atomic mass is 10.0. The number of amides is 2. The van der Waals surface area contributed by atoms with E-state index in [0.717, 1.165) is 5.56 Å². The van der Waals surface area contributed by atoms with Gasteiger partial charge in [-0.15, -0.1) is 11.3 Å². The topological polar surface area (TPSA) is 49.4 Å². The summed E-state index contributed by atoms with van der Waals surface area (Å²) in [5.74, 6) is -0.186. The largest absolute Gasteiger partial charge is 0.345 e. The molecule has 0 aliphatic rings. The maximum atomic E-state index is 12.9. The Bertz CT molecular complexity index is 922. The predicted molar refractivity (Wildman–Crippen MR) is 113 cm³/mol. The molecule has 0 radical (unpaired) electrons. The standard InChI is InChI=1S/C23H24N2O2S/c1-17-13-14-28-21(17)16-25(2)22(26)15-20(18-9-5-3-6-10-18)24-23(27)19-11-7-4-8-12-19/h3-14,20H,15-16H2,1-2H3,(H,24,27). The van der Waals surface area contributed by atoms with Crippen molar-refractivity contribution < 1.29 is 9.59 Å². The van der Waals surface area contributed by atoms with Gasteiger partial charge in [-0.25, -0.2) is 0 Å². The fourth-order valence-corrected chi connectivity index (χ4v) is 3.93. The Balaban J connectivity index is 1.73. The average Bonchev–Trinajstić information content (AvgIpc) is 3.13. The number of carbonyl (C=O) groups excluding carboxylic acids is 2. The van der Waals surface area contributed by atoms with Crippen LogP contribution in [-0.4, -0.2) is 23.8 Å². The minimum absolute atomic E-state index is 0.00462. The van der Waals surface area contributed by atoms with Gasteiger partial charge in [-0.1, -0.05) is 48.5 Å². The highest BCUT2D eigenvalue weighted by Gasteiger charge is 2.21. The van der Waals surface area contributed by atoms with Crippen LogP contribution < -0.4 is 5.32 Å². The fraction of sp³-hybridized carbons (Fsp3) is 0.217. The Morgan fingerprint density at radius 3 is 2.25 bits per heavy atom. The molecule has 2 aromatic carbocycles. The Morgan fingerprint density at radius 2 is 1.64 bits per heavy atom. The molecule has 5 heteroatoms. The van der Waals surface area contributed by atoms with Crippen molar-refractivity contribution in [2.75, 3.05) is 7.05 Å². The molecule has 28 heavy (non-hydrogen) atoms. The second-order valence-corrected chi connectivity index (χ2v) is 7.78. The molecule has 1 unspecified atom stereocenters. The molecule has 2 amide bonds. The van der Waals surface area contributed by atoms with Crippen LogP contribution in [-0.2, 0) is 11.3 Å². The molecule has 1 heterocycles. The number of rotatable bonds is 7. The minimum Gasteiger partial charge on any atom is -0.345 e. The maximum absolute atomic E-state index is 12.9. The zero-order chi connectivity index (χ0) is 19.9. The Hall–Kier alpha value is -2.92. The summed E-state index contributed by atoms with van der Waals surface area (Å²) in [5.41, 5.74) is 2.70. The highest BCUT2D eigenvalue weighted by atomic mass is 32.1. The van der Waals surface area contributed by atoms with Gasteiger partial charge >= 0.3 is 0 Å². The molecular formula is C23H24N2O2S. The van der Waals surface area contributed by atoms with Gasteiger partial charge in [-0.2, -0.15) is 0 Å². The van der Waals surface area contributed by atoms with Gasteiger partial charge in [0.15, 0.2) is 0 Å². The predicted octanol–water partition coefficient (Wildman–Crippen LogP) is 4.58. The van der Waals surface area contributed by atoms with E-state index in [9.17, 15) is 9.59 Å². The van der Waals surface area contributed by atoms with E-state index in [-0.39, 0.29) is 24.3 Å². The fourth-order valence-electron chi connectivity index (χ4n) is 2.97. The van der Waals surface area contributed by atoms with Crippen LogP contribution in [0.3, 0.4) is 0 Å². The molecule has 0 fully saturated rings. The normalized spacial score (nSPS) is 11.6. The Labute approximate surface area is 169 Å². The van der Waals surface area contributed by atoms with Crippen LogP contribution in [0.5, 0.6) is 0 Å². The summed E-state index contributed by atoms with van der Waals surface area (Å²) in [6.45, 7) is 2.63. The lowest BCUT2D eigenvalue weighted by molar-refractivity contribution is -0.130. The second-order valence-electron chi connectivity index (χ2n) is 6.78. The summed E-state index contributed by atoms with van der Waals surface area (Å²) in [6.07, 6.45) is 0.212. The van der Waals surface area contributed by atoms with Crippen molar-refractivity contribution in [3.63, 3.8) is 0 Å². The number of carbonyl (C=O) groups is 2. The van der Waals surface area contributed by atoms with Crippen molar-refractivity contribution in [1.82, 2.24) is 10.2 Å². The molecule has 1 aromatic heterocycles. The summed E-state index contributed by atoms with van der Waals surface area (Å²) in [4.78, 5) is 28.4. The van der Waals surface area contributed by atoms with Crippen molar-refractivity contribution in [2.45, 2.75) is 25.9 Å². The molecule has 0 spiro atoms. The lowest BCUT2D eigenvalue weighted by Crippen LogP contribution is -2.34. The van der Waals surface area contributed by atoms with Crippen LogP contribution in [0.4, 0.5) is 0 Å². The first-order valence-corrected chi connectivity index (χ1v) is 10.1. The van der Waals surface area contributed by atoms with E-state index in [1.807, 2.05) is 61.0 Å². The van der Waals surface area contributed by atoms with Crippen molar-refractivity contribution in [3.05, 3.63) is 93.7 Å². The van der Waals surface area contributed by atoms with Gasteiger partial charge in [0.25, 0.3) is 5.91 Å². The van der Waals surface area contributed by atoms with Crippen LogP contribution in [0.25, 0.3) is 0 Å². The first kappa shape index (κ1) is 19.8. The number of aryl methyl sites for hydroxylation is 1. The molecule has 1 atom stereocenters. The maximum Gasteiger partial charge on any atom is 0.251 e. The van der Waals surface area contributed by atoms with E-state index in [1.165, 1.54) is 10.4 Å². The molecule has 1 N–H and O–H groups in total. The Morgan fingerprint density at radius 1 is 1.00 bits per heavy atom. The van der Waals surface area contributed by atoms with Crippen molar-refractivity contribution in [1.29, 1.82) is 0 Å². The van der Waals surface area contributed by atoms with Gasteiger partial charge in [0.1, 0.15) is 0 Å². The third-order valence-electron chi connectivity index (χ3n) is 4.70. The third-order valence-corrected chi connectivity index (χ3v) is 5.70. The number of thiophene rings is 1. The molecule has 0 aliphatic heterocycles. The molecule has 0 saturated heterocycles. The Kier molecular flexibility index (Phi) is 6.61. The number of nitrogens with zero attached hydrogens (tertiary/aromatic N) is 1. The van der Waals surface area contributed by atoms with Gasteiger partial charge in [0.05, 0.1) is 19.0 Å². The minimum atomic E-state index is -0.381. The quantitative estimate of drug-likeness (QED) is 0.640. The van der Waals surface area contributed by atoms with E-state index in [2.05, 4.69) is 18.3 Å². The van der Waals surface area contributed by atoms with E-state index < -0.39 is 0 Å². The first-order chi connectivity index (χ1) is 13.5. The zero-order valence-corrected chi connectivity index (χ0v) is 16.9. The van der Waals surface area contributed by atoms with Gasteiger partial charge in [0.2, 0.25) is 5.91 Å². The van der Waals surface area contributed by atoms with E-state index in [1.54, 1.807) is 28.4 Å². The van der Waals surface area contributed by atoms with Crippen molar-refractivity contribution in [3.8, 4) is 0 Å². The van der Waals surface area contributed by atoms with Crippen molar-refractivity contribution >= 4 is 23.2 Å². The van der Waals surface area contributed by atoms with Gasteiger partial charge in [-0.3, -0.25) is 9.59 Å². The van der Waals surface area contributed by atoms with Crippen LogP contribution in [0.2, 0.25) is 0 Å².